The molecule has 0 aliphatic carbocycles. The number of benzene rings is 1. The Bertz CT molecular complexity index is 622. The highest BCUT2D eigenvalue weighted by Crippen LogP contribution is 2.12. The Morgan fingerprint density at radius 2 is 1.88 bits per heavy atom. The second kappa shape index (κ2) is 9.67. The molecule has 0 radical (unpaired) electrons. The molecule has 7 heteroatoms. The number of hydrogen-bond acceptors (Lipinski definition) is 3. The molecule has 0 saturated carbocycles. The van der Waals surface area contributed by atoms with Crippen LogP contribution in [0.3, 0.4) is 0 Å². The number of halogens is 2. The molecule has 0 aliphatic rings. The first-order valence-corrected chi connectivity index (χ1v) is 7.51. The van der Waals surface area contributed by atoms with Crippen LogP contribution in [-0.2, 0) is 17.6 Å². The molecule has 0 spiro atoms. The number of nitrogens with zero attached hydrogens (tertiary/aromatic N) is 1. The van der Waals surface area contributed by atoms with Gasteiger partial charge in [0.05, 0.1) is 11.2 Å². The minimum Gasteiger partial charge on any atom is -0.354 e. The van der Waals surface area contributed by atoms with Gasteiger partial charge in [-0.1, -0.05) is 30.3 Å². The number of hydrogen-bond donors (Lipinski definition) is 3. The van der Waals surface area contributed by atoms with Gasteiger partial charge in [-0.05, 0) is 44.7 Å². The second-order valence-corrected chi connectivity index (χ2v) is 6.00. The molecule has 1 aromatic heterocycles. The van der Waals surface area contributed by atoms with Crippen LogP contribution < -0.4 is 11.1 Å². The van der Waals surface area contributed by atoms with Crippen molar-refractivity contribution in [3.05, 3.63) is 52.8 Å². The summed E-state index contributed by atoms with van der Waals surface area (Å²) in [6.07, 6.45) is 1.27. The molecule has 0 bridgehead atoms. The summed E-state index contributed by atoms with van der Waals surface area (Å²) in [6.45, 7) is 6.27. The molecule has 4 N–H and O–H groups in total. The van der Waals surface area contributed by atoms with Crippen LogP contribution >= 0.6 is 24.8 Å². The monoisotopic (exact) mass is 372 g/mol. The van der Waals surface area contributed by atoms with E-state index in [2.05, 4.69) is 15.5 Å². The maximum Gasteiger partial charge on any atom is 0.240 e. The van der Waals surface area contributed by atoms with Crippen LogP contribution in [0.25, 0.3) is 0 Å². The van der Waals surface area contributed by atoms with Gasteiger partial charge in [0.2, 0.25) is 5.91 Å². The Hall–Kier alpha value is -1.56. The van der Waals surface area contributed by atoms with Gasteiger partial charge in [0.1, 0.15) is 0 Å². The molecule has 24 heavy (non-hydrogen) atoms. The van der Waals surface area contributed by atoms with E-state index < -0.39 is 5.54 Å². The van der Waals surface area contributed by atoms with E-state index in [0.29, 0.717) is 13.0 Å². The number of aryl methyl sites for hydroxylation is 2. The topological polar surface area (TPSA) is 83.8 Å². The van der Waals surface area contributed by atoms with Gasteiger partial charge in [-0.15, -0.1) is 24.8 Å². The second-order valence-electron chi connectivity index (χ2n) is 6.00. The van der Waals surface area contributed by atoms with E-state index in [1.807, 2.05) is 44.2 Å². The van der Waals surface area contributed by atoms with Gasteiger partial charge in [0, 0.05) is 12.2 Å². The molecule has 0 saturated heterocycles. The summed E-state index contributed by atoms with van der Waals surface area (Å²) in [5.41, 5.74) is 9.51. The van der Waals surface area contributed by atoms with Gasteiger partial charge >= 0.3 is 0 Å². The van der Waals surface area contributed by atoms with Crippen molar-refractivity contribution in [3.63, 3.8) is 0 Å². The predicted octanol–water partition coefficient (Wildman–Crippen LogP) is 2.49. The standard InChI is InChI=1S/C17H24N4O.2ClH/c1-12-15(13(2)21-20-12)9-10-19-16(22)17(3,18)11-14-7-5-4-6-8-14;;/h4-8H,9-11,18H2,1-3H3,(H,19,22)(H,20,21);2*1H. The van der Waals surface area contributed by atoms with Crippen molar-refractivity contribution in [1.29, 1.82) is 0 Å². The fourth-order valence-electron chi connectivity index (χ4n) is 2.55. The predicted molar refractivity (Wildman–Crippen MR) is 102 cm³/mol. The zero-order chi connectivity index (χ0) is 16.2. The van der Waals surface area contributed by atoms with E-state index in [1.165, 1.54) is 0 Å². The molecule has 1 unspecified atom stereocenters. The lowest BCUT2D eigenvalue weighted by Crippen LogP contribution is -2.53. The first kappa shape index (κ1) is 22.4. The Morgan fingerprint density at radius 1 is 1.25 bits per heavy atom. The summed E-state index contributed by atoms with van der Waals surface area (Å²) in [7, 11) is 0. The first-order chi connectivity index (χ1) is 10.4. The summed E-state index contributed by atoms with van der Waals surface area (Å²) in [6, 6.07) is 9.82. The van der Waals surface area contributed by atoms with Crippen molar-refractivity contribution in [2.45, 2.75) is 39.2 Å². The number of nitrogens with two attached hydrogens (primary N) is 1. The van der Waals surface area contributed by atoms with E-state index in [1.54, 1.807) is 6.92 Å². The molecule has 1 aromatic carbocycles. The zero-order valence-electron chi connectivity index (χ0n) is 14.3. The van der Waals surface area contributed by atoms with Crippen molar-refractivity contribution in [2.24, 2.45) is 5.73 Å². The molecule has 0 fully saturated rings. The molecule has 1 heterocycles. The number of rotatable bonds is 6. The maximum atomic E-state index is 12.3. The smallest absolute Gasteiger partial charge is 0.240 e. The molecule has 5 nitrogen and oxygen atoms in total. The van der Waals surface area contributed by atoms with Crippen LogP contribution in [0.1, 0.15) is 29.4 Å². The van der Waals surface area contributed by atoms with Crippen molar-refractivity contribution in [1.82, 2.24) is 15.5 Å². The van der Waals surface area contributed by atoms with Gasteiger partial charge in [-0.2, -0.15) is 5.10 Å². The Balaban J connectivity index is 0.00000264. The fraction of sp³-hybridized carbons (Fsp3) is 0.412. The molecule has 2 rings (SSSR count). The molecule has 134 valence electrons. The van der Waals surface area contributed by atoms with Gasteiger partial charge < -0.3 is 11.1 Å². The highest BCUT2D eigenvalue weighted by molar-refractivity contribution is 5.86. The zero-order valence-corrected chi connectivity index (χ0v) is 15.9. The molecular weight excluding hydrogens is 347 g/mol. The number of amides is 1. The lowest BCUT2D eigenvalue weighted by Gasteiger charge is -2.23. The van der Waals surface area contributed by atoms with Crippen LogP contribution in [0.15, 0.2) is 30.3 Å². The highest BCUT2D eigenvalue weighted by Gasteiger charge is 2.28. The quantitative estimate of drug-likeness (QED) is 0.728. The first-order valence-electron chi connectivity index (χ1n) is 7.51. The van der Waals surface area contributed by atoms with E-state index in [4.69, 9.17) is 5.73 Å². The largest absolute Gasteiger partial charge is 0.354 e. The lowest BCUT2D eigenvalue weighted by atomic mass is 9.93. The average molecular weight is 373 g/mol. The van der Waals surface area contributed by atoms with Crippen LogP contribution in [0.2, 0.25) is 0 Å². The maximum absolute atomic E-state index is 12.3. The third-order valence-electron chi connectivity index (χ3n) is 3.87. The third kappa shape index (κ3) is 5.82. The Morgan fingerprint density at radius 3 is 2.42 bits per heavy atom. The highest BCUT2D eigenvalue weighted by atomic mass is 35.5. The van der Waals surface area contributed by atoms with Crippen LogP contribution in [0.4, 0.5) is 0 Å². The molecule has 0 aliphatic heterocycles. The minimum atomic E-state index is -0.915. The Labute approximate surface area is 155 Å². The van der Waals surface area contributed by atoms with Crippen LogP contribution in [0, 0.1) is 13.8 Å². The molecular formula is C17H26Cl2N4O. The summed E-state index contributed by atoms with van der Waals surface area (Å²) < 4.78 is 0. The number of aromatic nitrogens is 2. The number of carbonyl (C=O) groups excluding carboxylic acids is 1. The lowest BCUT2D eigenvalue weighted by molar-refractivity contribution is -0.125. The van der Waals surface area contributed by atoms with Gasteiger partial charge in [0.15, 0.2) is 0 Å². The summed E-state index contributed by atoms with van der Waals surface area (Å²) in [5.74, 6) is -0.129. The van der Waals surface area contributed by atoms with Gasteiger partial charge in [0.25, 0.3) is 0 Å². The van der Waals surface area contributed by atoms with Gasteiger partial charge in [-0.25, -0.2) is 0 Å². The van der Waals surface area contributed by atoms with E-state index in [9.17, 15) is 4.79 Å². The number of nitrogens with one attached hydrogen (secondary N) is 2. The van der Waals surface area contributed by atoms with Crippen molar-refractivity contribution in [3.8, 4) is 0 Å². The van der Waals surface area contributed by atoms with Crippen molar-refractivity contribution in [2.75, 3.05) is 6.54 Å². The molecule has 2 aromatic rings. The summed E-state index contributed by atoms with van der Waals surface area (Å²) in [5, 5.41) is 10.0. The van der Waals surface area contributed by atoms with Crippen molar-refractivity contribution < 1.29 is 4.79 Å². The number of carbonyl (C=O) groups is 1. The summed E-state index contributed by atoms with van der Waals surface area (Å²) in [4.78, 5) is 12.3. The third-order valence-corrected chi connectivity index (χ3v) is 3.87. The van der Waals surface area contributed by atoms with Crippen LogP contribution in [-0.4, -0.2) is 28.2 Å². The van der Waals surface area contributed by atoms with Gasteiger partial charge in [-0.3, -0.25) is 9.89 Å². The van der Waals surface area contributed by atoms with E-state index in [-0.39, 0.29) is 30.7 Å². The van der Waals surface area contributed by atoms with E-state index >= 15 is 0 Å². The van der Waals surface area contributed by atoms with Crippen LogP contribution in [0.5, 0.6) is 0 Å². The summed E-state index contributed by atoms with van der Waals surface area (Å²) >= 11 is 0. The van der Waals surface area contributed by atoms with Crippen molar-refractivity contribution >= 4 is 30.7 Å². The SMILES string of the molecule is Cc1n[nH]c(C)c1CCNC(=O)C(C)(N)Cc1ccccc1.Cl.Cl. The molecule has 1 amide bonds. The normalized spacial score (nSPS) is 12.5. The Kier molecular flexibility index (Phi) is 9.04. The average Bonchev–Trinajstić information content (AvgIpc) is 2.79. The minimum absolute atomic E-state index is 0. The number of aromatic amines is 1. The van der Waals surface area contributed by atoms with E-state index in [0.717, 1.165) is 28.9 Å². The fourth-order valence-corrected chi connectivity index (χ4v) is 2.55. The molecule has 1 atom stereocenters. The number of H-pyrrole nitrogens is 1.